The van der Waals surface area contributed by atoms with Crippen LogP contribution in [0.3, 0.4) is 0 Å². The number of hydrogen-bond donors (Lipinski definition) is 5. The summed E-state index contributed by atoms with van der Waals surface area (Å²) >= 11 is 0. The van der Waals surface area contributed by atoms with Crippen molar-refractivity contribution in [1.29, 1.82) is 0 Å². The molecule has 0 aromatic carbocycles. The first-order valence-corrected chi connectivity index (χ1v) is 5.14. The van der Waals surface area contributed by atoms with E-state index in [2.05, 4.69) is 16.0 Å². The Morgan fingerprint density at radius 3 is 2.50 bits per heavy atom. The molecule has 0 spiro atoms. The van der Waals surface area contributed by atoms with Gasteiger partial charge in [-0.3, -0.25) is 0 Å². The summed E-state index contributed by atoms with van der Waals surface area (Å²) in [7, 11) is 1.81. The SMILES string of the molecule is CNCCCNC(=O)N[C@H](CCO)C(=O)O. The first kappa shape index (κ1) is 14.7. The molecule has 0 radical (unpaired) electrons. The van der Waals surface area contributed by atoms with E-state index in [9.17, 15) is 9.59 Å². The number of hydrogen-bond acceptors (Lipinski definition) is 4. The molecule has 2 amide bonds. The molecular weight excluding hydrogens is 214 g/mol. The van der Waals surface area contributed by atoms with Gasteiger partial charge in [0.2, 0.25) is 0 Å². The Labute approximate surface area is 94.2 Å². The second-order valence-corrected chi connectivity index (χ2v) is 3.26. The number of carboxylic acid groups (broad SMARTS) is 1. The fourth-order valence-corrected chi connectivity index (χ4v) is 1.06. The minimum Gasteiger partial charge on any atom is -0.480 e. The van der Waals surface area contributed by atoms with E-state index in [1.54, 1.807) is 0 Å². The monoisotopic (exact) mass is 233 g/mol. The summed E-state index contributed by atoms with van der Waals surface area (Å²) in [4.78, 5) is 21.8. The van der Waals surface area contributed by atoms with Crippen molar-refractivity contribution in [2.24, 2.45) is 0 Å². The van der Waals surface area contributed by atoms with E-state index in [4.69, 9.17) is 10.2 Å². The fraction of sp³-hybridized carbons (Fsp3) is 0.778. The van der Waals surface area contributed by atoms with Gasteiger partial charge >= 0.3 is 12.0 Å². The van der Waals surface area contributed by atoms with Crippen molar-refractivity contribution in [3.05, 3.63) is 0 Å². The van der Waals surface area contributed by atoms with Crippen LogP contribution in [0.5, 0.6) is 0 Å². The molecule has 7 heteroatoms. The molecule has 0 saturated carbocycles. The number of aliphatic carboxylic acids is 1. The zero-order valence-corrected chi connectivity index (χ0v) is 9.32. The van der Waals surface area contributed by atoms with E-state index in [1.807, 2.05) is 7.05 Å². The van der Waals surface area contributed by atoms with Crippen LogP contribution in [-0.2, 0) is 4.79 Å². The number of carbonyl (C=O) groups excluding carboxylic acids is 1. The molecule has 0 aliphatic carbocycles. The second-order valence-electron chi connectivity index (χ2n) is 3.26. The predicted octanol–water partition coefficient (Wildman–Crippen LogP) is -1.27. The molecule has 0 bridgehead atoms. The van der Waals surface area contributed by atoms with Crippen molar-refractivity contribution in [1.82, 2.24) is 16.0 Å². The van der Waals surface area contributed by atoms with E-state index >= 15 is 0 Å². The summed E-state index contributed by atoms with van der Waals surface area (Å²) in [6, 6.07) is -1.58. The Hall–Kier alpha value is -1.34. The summed E-state index contributed by atoms with van der Waals surface area (Å²) in [5, 5.41) is 25.0. The van der Waals surface area contributed by atoms with Crippen LogP contribution >= 0.6 is 0 Å². The van der Waals surface area contributed by atoms with Gasteiger partial charge in [-0.2, -0.15) is 0 Å². The van der Waals surface area contributed by atoms with Crippen LogP contribution in [0, 0.1) is 0 Å². The van der Waals surface area contributed by atoms with Crippen LogP contribution in [0.15, 0.2) is 0 Å². The normalized spacial score (nSPS) is 11.9. The lowest BCUT2D eigenvalue weighted by atomic mass is 10.2. The summed E-state index contributed by atoms with van der Waals surface area (Å²) in [5.41, 5.74) is 0. The van der Waals surface area contributed by atoms with Gasteiger partial charge in [0.25, 0.3) is 0 Å². The van der Waals surface area contributed by atoms with Crippen molar-refractivity contribution in [2.45, 2.75) is 18.9 Å². The van der Waals surface area contributed by atoms with Crippen LogP contribution < -0.4 is 16.0 Å². The first-order chi connectivity index (χ1) is 7.61. The molecule has 0 aliphatic heterocycles. The lowest BCUT2D eigenvalue weighted by Crippen LogP contribution is -2.46. The van der Waals surface area contributed by atoms with E-state index in [-0.39, 0.29) is 13.0 Å². The zero-order chi connectivity index (χ0) is 12.4. The largest absolute Gasteiger partial charge is 0.480 e. The molecule has 94 valence electrons. The molecule has 0 fully saturated rings. The Morgan fingerprint density at radius 2 is 2.00 bits per heavy atom. The van der Waals surface area contributed by atoms with E-state index in [0.717, 1.165) is 13.0 Å². The fourth-order valence-electron chi connectivity index (χ4n) is 1.06. The summed E-state index contributed by atoms with van der Waals surface area (Å²) in [5.74, 6) is -1.15. The van der Waals surface area contributed by atoms with Gasteiger partial charge in [0, 0.05) is 19.6 Å². The molecule has 0 aliphatic rings. The van der Waals surface area contributed by atoms with Crippen LogP contribution in [0.2, 0.25) is 0 Å². The average Bonchev–Trinajstić information content (AvgIpc) is 2.23. The average molecular weight is 233 g/mol. The maximum absolute atomic E-state index is 11.2. The highest BCUT2D eigenvalue weighted by Gasteiger charge is 2.18. The van der Waals surface area contributed by atoms with Gasteiger partial charge in [0.15, 0.2) is 0 Å². The predicted molar refractivity (Wildman–Crippen MR) is 58.2 cm³/mol. The van der Waals surface area contributed by atoms with E-state index < -0.39 is 18.0 Å². The van der Waals surface area contributed by atoms with Gasteiger partial charge in [-0.1, -0.05) is 0 Å². The molecule has 0 aromatic rings. The van der Waals surface area contributed by atoms with E-state index in [1.165, 1.54) is 0 Å². The number of carbonyl (C=O) groups is 2. The van der Waals surface area contributed by atoms with Crippen LogP contribution in [0.1, 0.15) is 12.8 Å². The number of aliphatic hydroxyl groups is 1. The van der Waals surface area contributed by atoms with Crippen LogP contribution in [0.4, 0.5) is 4.79 Å². The van der Waals surface area contributed by atoms with Gasteiger partial charge in [-0.25, -0.2) is 9.59 Å². The smallest absolute Gasteiger partial charge is 0.326 e. The first-order valence-electron chi connectivity index (χ1n) is 5.14. The van der Waals surface area contributed by atoms with Crippen molar-refractivity contribution in [3.63, 3.8) is 0 Å². The Balaban J connectivity index is 3.77. The van der Waals surface area contributed by atoms with Gasteiger partial charge in [0.05, 0.1) is 0 Å². The third kappa shape index (κ3) is 7.02. The number of urea groups is 1. The Kier molecular flexibility index (Phi) is 8.18. The molecule has 5 N–H and O–H groups in total. The van der Waals surface area contributed by atoms with Crippen molar-refractivity contribution in [3.8, 4) is 0 Å². The Bertz CT molecular complexity index is 223. The molecular formula is C9H19N3O4. The molecule has 0 unspecified atom stereocenters. The molecule has 0 rings (SSSR count). The van der Waals surface area contributed by atoms with Gasteiger partial charge in [-0.05, 0) is 20.0 Å². The molecule has 0 saturated heterocycles. The third-order valence-electron chi connectivity index (χ3n) is 1.91. The molecule has 0 aromatic heterocycles. The van der Waals surface area contributed by atoms with Gasteiger partial charge in [-0.15, -0.1) is 0 Å². The lowest BCUT2D eigenvalue weighted by Gasteiger charge is -2.13. The highest BCUT2D eigenvalue weighted by atomic mass is 16.4. The second kappa shape index (κ2) is 8.93. The number of nitrogens with one attached hydrogen (secondary N) is 3. The minimum atomic E-state index is -1.15. The van der Waals surface area contributed by atoms with Crippen LogP contribution in [0.25, 0.3) is 0 Å². The highest BCUT2D eigenvalue weighted by molar-refractivity contribution is 5.82. The topological polar surface area (TPSA) is 111 Å². The van der Waals surface area contributed by atoms with Crippen molar-refractivity contribution < 1.29 is 19.8 Å². The van der Waals surface area contributed by atoms with Crippen molar-refractivity contribution >= 4 is 12.0 Å². The third-order valence-corrected chi connectivity index (χ3v) is 1.91. The quantitative estimate of drug-likeness (QED) is 0.336. The maximum Gasteiger partial charge on any atom is 0.326 e. The standard InChI is InChI=1S/C9H19N3O4/c1-10-4-2-5-11-9(16)12-7(3-6-13)8(14)15/h7,10,13H,2-6H2,1H3,(H,14,15)(H2,11,12,16)/t7-/m1/s1. The number of amides is 2. The lowest BCUT2D eigenvalue weighted by molar-refractivity contribution is -0.139. The minimum absolute atomic E-state index is 0.000725. The van der Waals surface area contributed by atoms with Gasteiger partial charge < -0.3 is 26.2 Å². The zero-order valence-electron chi connectivity index (χ0n) is 9.32. The maximum atomic E-state index is 11.2. The van der Waals surface area contributed by atoms with Crippen molar-refractivity contribution in [2.75, 3.05) is 26.7 Å². The van der Waals surface area contributed by atoms with Gasteiger partial charge in [0.1, 0.15) is 6.04 Å². The number of rotatable bonds is 8. The van der Waals surface area contributed by atoms with E-state index in [0.29, 0.717) is 6.54 Å². The Morgan fingerprint density at radius 1 is 1.31 bits per heavy atom. The molecule has 0 heterocycles. The van der Waals surface area contributed by atoms with Crippen LogP contribution in [-0.4, -0.2) is 55.0 Å². The molecule has 16 heavy (non-hydrogen) atoms. The number of carboxylic acids is 1. The molecule has 7 nitrogen and oxygen atoms in total. The summed E-state index contributed by atoms with van der Waals surface area (Å²) in [6.07, 6.45) is 0.765. The highest BCUT2D eigenvalue weighted by Crippen LogP contribution is 1.90. The number of aliphatic hydroxyl groups excluding tert-OH is 1. The molecule has 1 atom stereocenters. The summed E-state index contributed by atoms with van der Waals surface area (Å²) in [6.45, 7) is 0.967. The summed E-state index contributed by atoms with van der Waals surface area (Å²) < 4.78 is 0.